The van der Waals surface area contributed by atoms with Gasteiger partial charge in [-0.15, -0.1) is 0 Å². The maximum atomic E-state index is 7.68. The molecule has 0 bridgehead atoms. The average Bonchev–Trinajstić information content (AvgIpc) is 2.31. The van der Waals surface area contributed by atoms with E-state index in [0.717, 1.165) is 23.6 Å². The van der Waals surface area contributed by atoms with E-state index >= 15 is 0 Å². The van der Waals surface area contributed by atoms with Crippen molar-refractivity contribution < 1.29 is 0 Å². The molecular weight excluding hydrogens is 206 g/mol. The zero-order valence-corrected chi connectivity index (χ0v) is 9.42. The highest BCUT2D eigenvalue weighted by Crippen LogP contribution is 2.18. The van der Waals surface area contributed by atoms with Crippen LogP contribution >= 0.6 is 11.8 Å². The van der Waals surface area contributed by atoms with E-state index in [-0.39, 0.29) is 0 Å². The van der Waals surface area contributed by atoms with E-state index in [2.05, 4.69) is 17.2 Å². The lowest BCUT2D eigenvalue weighted by molar-refractivity contribution is 0.475. The van der Waals surface area contributed by atoms with E-state index in [4.69, 9.17) is 5.41 Å². The predicted molar refractivity (Wildman–Crippen MR) is 65.5 cm³/mol. The second-order valence-electron chi connectivity index (χ2n) is 3.22. The molecule has 0 amide bonds. The van der Waals surface area contributed by atoms with Gasteiger partial charge in [-0.05, 0) is 12.5 Å². The molecule has 0 spiro atoms. The Morgan fingerprint density at radius 2 is 2.13 bits per heavy atom. The number of thioether (sulfide) groups is 1. The topological polar surface area (TPSA) is 39.5 Å². The van der Waals surface area contributed by atoms with Crippen molar-refractivity contribution in [2.45, 2.75) is 6.92 Å². The molecule has 78 valence electrons. The van der Waals surface area contributed by atoms with E-state index in [9.17, 15) is 0 Å². The van der Waals surface area contributed by atoms with Gasteiger partial charge in [0, 0.05) is 12.3 Å². The Balaban J connectivity index is 2.27. The molecule has 1 aliphatic heterocycles. The van der Waals surface area contributed by atoms with Crippen molar-refractivity contribution in [2.24, 2.45) is 5.10 Å². The number of benzene rings is 1. The molecule has 15 heavy (non-hydrogen) atoms. The summed E-state index contributed by atoms with van der Waals surface area (Å²) in [5.74, 6) is 0.791. The number of hydrazone groups is 1. The maximum Gasteiger partial charge on any atom is 0.177 e. The first-order chi connectivity index (χ1) is 7.31. The summed E-state index contributed by atoms with van der Waals surface area (Å²) in [5.41, 5.74) is 2.20. The molecule has 0 fully saturated rings. The van der Waals surface area contributed by atoms with Crippen molar-refractivity contribution in [1.82, 2.24) is 5.01 Å². The number of hydrogen-bond donors (Lipinski definition) is 1. The van der Waals surface area contributed by atoms with Crippen LogP contribution in [0.2, 0.25) is 0 Å². The van der Waals surface area contributed by atoms with Gasteiger partial charge in [-0.3, -0.25) is 5.41 Å². The number of rotatable bonds is 2. The highest BCUT2D eigenvalue weighted by Gasteiger charge is 2.17. The molecule has 1 heterocycles. The Bertz CT molecular complexity index is 386. The Labute approximate surface area is 93.7 Å². The molecule has 1 N–H and O–H groups in total. The van der Waals surface area contributed by atoms with E-state index in [1.54, 1.807) is 5.01 Å². The van der Waals surface area contributed by atoms with Gasteiger partial charge in [0.15, 0.2) is 5.17 Å². The monoisotopic (exact) mass is 219 g/mol. The molecule has 0 saturated heterocycles. The summed E-state index contributed by atoms with van der Waals surface area (Å²) in [5, 5.41) is 14.4. The first-order valence-electron chi connectivity index (χ1n) is 4.93. The normalized spacial score (nSPS) is 16.5. The molecule has 0 saturated carbocycles. The van der Waals surface area contributed by atoms with Crippen LogP contribution < -0.4 is 0 Å². The van der Waals surface area contributed by atoms with Crippen molar-refractivity contribution in [2.75, 3.05) is 12.3 Å². The van der Waals surface area contributed by atoms with Gasteiger partial charge in [-0.1, -0.05) is 42.1 Å². The lowest BCUT2D eigenvalue weighted by atomic mass is 10.1. The SMILES string of the molecule is CCN1N=C(c2ccccc2)CSC1=N. The van der Waals surface area contributed by atoms with Crippen LogP contribution in [0.25, 0.3) is 0 Å². The summed E-state index contributed by atoms with van der Waals surface area (Å²) in [6.45, 7) is 2.76. The molecule has 0 aliphatic carbocycles. The van der Waals surface area contributed by atoms with E-state index in [0.29, 0.717) is 5.17 Å². The van der Waals surface area contributed by atoms with Crippen molar-refractivity contribution in [3.63, 3.8) is 0 Å². The standard InChI is InChI=1S/C11H13N3S/c1-2-14-11(12)15-8-10(13-14)9-6-4-3-5-7-9/h3-7,12H,2,8H2,1H3. The van der Waals surface area contributed by atoms with Crippen molar-refractivity contribution in [3.05, 3.63) is 35.9 Å². The highest BCUT2D eigenvalue weighted by atomic mass is 32.2. The minimum atomic E-state index is 0.539. The summed E-state index contributed by atoms with van der Waals surface area (Å²) in [6, 6.07) is 10.1. The highest BCUT2D eigenvalue weighted by molar-refractivity contribution is 8.14. The van der Waals surface area contributed by atoms with Crippen LogP contribution in [0.3, 0.4) is 0 Å². The zero-order chi connectivity index (χ0) is 10.7. The summed E-state index contributed by atoms with van der Waals surface area (Å²) >= 11 is 1.53. The summed E-state index contributed by atoms with van der Waals surface area (Å²) in [4.78, 5) is 0. The van der Waals surface area contributed by atoms with E-state index < -0.39 is 0 Å². The summed E-state index contributed by atoms with van der Waals surface area (Å²) in [6.07, 6.45) is 0. The largest absolute Gasteiger partial charge is 0.277 e. The third-order valence-corrected chi connectivity index (χ3v) is 3.13. The second kappa shape index (κ2) is 4.49. The van der Waals surface area contributed by atoms with Gasteiger partial charge < -0.3 is 0 Å². The maximum absolute atomic E-state index is 7.68. The smallest absolute Gasteiger partial charge is 0.177 e. The third-order valence-electron chi connectivity index (χ3n) is 2.23. The molecule has 0 unspecified atom stereocenters. The van der Waals surface area contributed by atoms with Gasteiger partial charge in [0.1, 0.15) is 0 Å². The number of nitrogens with one attached hydrogen (secondary N) is 1. The number of amidine groups is 1. The Hall–Kier alpha value is -1.29. The second-order valence-corrected chi connectivity index (χ2v) is 4.19. The van der Waals surface area contributed by atoms with Gasteiger partial charge >= 0.3 is 0 Å². The lowest BCUT2D eigenvalue weighted by Crippen LogP contribution is -2.30. The molecule has 1 aliphatic rings. The minimum absolute atomic E-state index is 0.539. The van der Waals surface area contributed by atoms with E-state index in [1.807, 2.05) is 25.1 Å². The van der Waals surface area contributed by atoms with Gasteiger partial charge in [-0.2, -0.15) is 5.10 Å². The fraction of sp³-hybridized carbons (Fsp3) is 0.273. The molecule has 1 aromatic rings. The van der Waals surface area contributed by atoms with Crippen LogP contribution in [0.5, 0.6) is 0 Å². The Kier molecular flexibility index (Phi) is 3.06. The molecule has 0 aromatic heterocycles. The molecule has 2 rings (SSSR count). The number of hydrogen-bond acceptors (Lipinski definition) is 3. The third kappa shape index (κ3) is 2.21. The van der Waals surface area contributed by atoms with Crippen LogP contribution in [0.4, 0.5) is 0 Å². The lowest BCUT2D eigenvalue weighted by Gasteiger charge is -2.23. The number of nitrogens with zero attached hydrogens (tertiary/aromatic N) is 2. The quantitative estimate of drug-likeness (QED) is 0.829. The Morgan fingerprint density at radius 1 is 1.40 bits per heavy atom. The van der Waals surface area contributed by atoms with Gasteiger partial charge in [0.2, 0.25) is 0 Å². The van der Waals surface area contributed by atoms with Crippen molar-refractivity contribution in [3.8, 4) is 0 Å². The predicted octanol–water partition coefficient (Wildman–Crippen LogP) is 2.39. The van der Waals surface area contributed by atoms with Crippen LogP contribution in [0.1, 0.15) is 12.5 Å². The fourth-order valence-corrected chi connectivity index (χ4v) is 2.23. The van der Waals surface area contributed by atoms with Gasteiger partial charge in [0.05, 0.1) is 5.71 Å². The van der Waals surface area contributed by atoms with Crippen LogP contribution in [0, 0.1) is 5.41 Å². The molecule has 4 heteroatoms. The van der Waals surface area contributed by atoms with Crippen molar-refractivity contribution >= 4 is 22.6 Å². The first kappa shape index (κ1) is 10.2. The summed E-state index contributed by atoms with van der Waals surface area (Å²) < 4.78 is 0. The average molecular weight is 219 g/mol. The van der Waals surface area contributed by atoms with Crippen LogP contribution in [0.15, 0.2) is 35.4 Å². The van der Waals surface area contributed by atoms with E-state index in [1.165, 1.54) is 11.8 Å². The summed E-state index contributed by atoms with van der Waals surface area (Å²) in [7, 11) is 0. The molecule has 3 nitrogen and oxygen atoms in total. The fourth-order valence-electron chi connectivity index (χ4n) is 1.42. The molecular formula is C11H13N3S. The minimum Gasteiger partial charge on any atom is -0.277 e. The first-order valence-corrected chi connectivity index (χ1v) is 5.91. The molecule has 0 atom stereocenters. The Morgan fingerprint density at radius 3 is 2.80 bits per heavy atom. The van der Waals surface area contributed by atoms with Crippen molar-refractivity contribution in [1.29, 1.82) is 5.41 Å². The van der Waals surface area contributed by atoms with Gasteiger partial charge in [0.25, 0.3) is 0 Å². The van der Waals surface area contributed by atoms with Crippen LogP contribution in [-0.4, -0.2) is 28.2 Å². The van der Waals surface area contributed by atoms with Crippen LogP contribution in [-0.2, 0) is 0 Å². The zero-order valence-electron chi connectivity index (χ0n) is 8.60. The van der Waals surface area contributed by atoms with Gasteiger partial charge in [-0.25, -0.2) is 5.01 Å². The molecule has 1 aromatic carbocycles. The molecule has 0 radical (unpaired) electrons.